The van der Waals surface area contributed by atoms with Crippen LogP contribution in [0.5, 0.6) is 0 Å². The molecule has 1 unspecified atom stereocenters. The molecule has 5 rings (SSSR count). The van der Waals surface area contributed by atoms with Crippen LogP contribution in [0.1, 0.15) is 29.8 Å². The Hall–Kier alpha value is -3.81. The second-order valence-corrected chi connectivity index (χ2v) is 8.61. The molecule has 1 saturated carbocycles. The Morgan fingerprint density at radius 3 is 2.64 bits per heavy atom. The summed E-state index contributed by atoms with van der Waals surface area (Å²) in [6, 6.07) is 5.40. The van der Waals surface area contributed by atoms with Gasteiger partial charge in [0.25, 0.3) is 5.91 Å². The standard InChI is InChI=1S/C22H23FN8O2/c1-25-20(32)19-17(23)7-13(9-27-19)28-22-26-5-4-18(29-22)30-10-14-2-3-15(11-30)31(14)21(33)16-6-12(16)8-24/h4-5,7,9,12,14-16H,2-3,6,10-11H2,1H3,(H,25,32)(H,26,28,29)/t12?,14-,15+,16-/m1/s1. The second kappa shape index (κ2) is 8.27. The normalized spacial score (nSPS) is 25.4. The molecule has 4 heterocycles. The monoisotopic (exact) mass is 450 g/mol. The van der Waals surface area contributed by atoms with Crippen LogP contribution in [0.4, 0.5) is 21.8 Å². The summed E-state index contributed by atoms with van der Waals surface area (Å²) in [4.78, 5) is 41.3. The number of nitriles is 1. The van der Waals surface area contributed by atoms with Gasteiger partial charge < -0.3 is 20.4 Å². The fourth-order valence-electron chi connectivity index (χ4n) is 4.76. The van der Waals surface area contributed by atoms with E-state index in [0.29, 0.717) is 31.0 Å². The van der Waals surface area contributed by atoms with Crippen molar-refractivity contribution in [1.29, 1.82) is 5.26 Å². The van der Waals surface area contributed by atoms with Crippen molar-refractivity contribution in [2.75, 3.05) is 30.4 Å². The number of fused-ring (bicyclic) bond motifs is 2. The molecule has 1 aliphatic carbocycles. The van der Waals surface area contributed by atoms with Crippen molar-refractivity contribution in [3.05, 3.63) is 36.0 Å². The number of hydrogen-bond acceptors (Lipinski definition) is 8. The van der Waals surface area contributed by atoms with Crippen molar-refractivity contribution >= 4 is 29.3 Å². The maximum atomic E-state index is 14.2. The van der Waals surface area contributed by atoms with E-state index in [-0.39, 0.29) is 41.5 Å². The van der Waals surface area contributed by atoms with E-state index >= 15 is 0 Å². The quantitative estimate of drug-likeness (QED) is 0.701. The van der Waals surface area contributed by atoms with Gasteiger partial charge in [0, 0.05) is 44.5 Å². The van der Waals surface area contributed by atoms with Crippen molar-refractivity contribution in [3.63, 3.8) is 0 Å². The van der Waals surface area contributed by atoms with Crippen LogP contribution in [0.3, 0.4) is 0 Å². The van der Waals surface area contributed by atoms with Gasteiger partial charge in [-0.1, -0.05) is 0 Å². The first-order valence-electron chi connectivity index (χ1n) is 10.9. The van der Waals surface area contributed by atoms with Crippen LogP contribution in [0.25, 0.3) is 0 Å². The summed E-state index contributed by atoms with van der Waals surface area (Å²) in [7, 11) is 1.41. The molecule has 170 valence electrons. The SMILES string of the molecule is CNC(=O)c1ncc(Nc2nccc(N3C[C@H]4CC[C@@H](C3)N4C(=O)[C@@H]3CC3C#N)n2)cc1F. The van der Waals surface area contributed by atoms with Gasteiger partial charge in [-0.15, -0.1) is 0 Å². The number of hydrogen-bond donors (Lipinski definition) is 2. The number of nitrogens with zero attached hydrogens (tertiary/aromatic N) is 6. The molecular weight excluding hydrogens is 427 g/mol. The van der Waals surface area contributed by atoms with Crippen molar-refractivity contribution in [2.45, 2.75) is 31.3 Å². The minimum Gasteiger partial charge on any atom is -0.354 e. The Kier molecular flexibility index (Phi) is 5.28. The van der Waals surface area contributed by atoms with Gasteiger partial charge in [0.15, 0.2) is 11.5 Å². The van der Waals surface area contributed by atoms with Crippen LogP contribution in [0.2, 0.25) is 0 Å². The van der Waals surface area contributed by atoms with Gasteiger partial charge in [-0.25, -0.2) is 14.4 Å². The second-order valence-electron chi connectivity index (χ2n) is 8.61. The fraction of sp³-hybridized carbons (Fsp3) is 0.455. The highest BCUT2D eigenvalue weighted by Crippen LogP contribution is 2.43. The van der Waals surface area contributed by atoms with E-state index in [1.54, 1.807) is 6.20 Å². The van der Waals surface area contributed by atoms with Gasteiger partial charge in [0.2, 0.25) is 11.9 Å². The summed E-state index contributed by atoms with van der Waals surface area (Å²) in [5.74, 6) is -0.501. The third kappa shape index (κ3) is 3.92. The molecule has 33 heavy (non-hydrogen) atoms. The number of rotatable bonds is 5. The average Bonchev–Trinajstić information content (AvgIpc) is 3.57. The Bertz CT molecular complexity index is 1140. The molecule has 2 aliphatic heterocycles. The molecule has 0 aromatic carbocycles. The van der Waals surface area contributed by atoms with Gasteiger partial charge >= 0.3 is 0 Å². The minimum atomic E-state index is -0.748. The Morgan fingerprint density at radius 2 is 2.00 bits per heavy atom. The highest BCUT2D eigenvalue weighted by atomic mass is 19.1. The van der Waals surface area contributed by atoms with Crippen molar-refractivity contribution in [2.24, 2.45) is 11.8 Å². The van der Waals surface area contributed by atoms with Gasteiger partial charge in [-0.2, -0.15) is 10.2 Å². The Balaban J connectivity index is 1.28. The summed E-state index contributed by atoms with van der Waals surface area (Å²) in [6.45, 7) is 1.33. The van der Waals surface area contributed by atoms with Crippen LogP contribution in [-0.4, -0.2) is 63.9 Å². The molecule has 2 N–H and O–H groups in total. The first-order chi connectivity index (χ1) is 16.0. The van der Waals surface area contributed by atoms with E-state index in [9.17, 15) is 14.0 Å². The lowest BCUT2D eigenvalue weighted by Gasteiger charge is -2.41. The van der Waals surface area contributed by atoms with Crippen LogP contribution >= 0.6 is 0 Å². The Labute approximate surface area is 189 Å². The zero-order valence-electron chi connectivity index (χ0n) is 18.0. The average molecular weight is 450 g/mol. The molecule has 4 atom stereocenters. The van der Waals surface area contributed by atoms with Gasteiger partial charge in [0.05, 0.1) is 29.8 Å². The van der Waals surface area contributed by atoms with E-state index in [0.717, 1.165) is 12.8 Å². The highest BCUT2D eigenvalue weighted by Gasteiger charge is 2.51. The Morgan fingerprint density at radius 1 is 1.24 bits per heavy atom. The molecule has 2 saturated heterocycles. The lowest BCUT2D eigenvalue weighted by Crippen LogP contribution is -2.56. The molecule has 3 aliphatic rings. The molecule has 2 aromatic rings. The molecule has 11 heteroatoms. The zero-order valence-corrected chi connectivity index (χ0v) is 18.0. The maximum Gasteiger partial charge on any atom is 0.272 e. The maximum absolute atomic E-state index is 14.2. The zero-order chi connectivity index (χ0) is 23.1. The first kappa shape index (κ1) is 21.1. The largest absolute Gasteiger partial charge is 0.354 e. The first-order valence-corrected chi connectivity index (χ1v) is 10.9. The number of carbonyl (C=O) groups is 2. The molecule has 2 amide bonds. The summed E-state index contributed by atoms with van der Waals surface area (Å²) in [5.41, 5.74) is 0.0390. The van der Waals surface area contributed by atoms with E-state index in [4.69, 9.17) is 5.26 Å². The summed E-state index contributed by atoms with van der Waals surface area (Å²) in [6.07, 6.45) is 5.52. The topological polar surface area (TPSA) is 127 Å². The molecule has 10 nitrogen and oxygen atoms in total. The van der Waals surface area contributed by atoms with Crippen molar-refractivity contribution in [1.82, 2.24) is 25.2 Å². The number of anilines is 3. The smallest absolute Gasteiger partial charge is 0.272 e. The lowest BCUT2D eigenvalue weighted by atomic mass is 10.1. The van der Waals surface area contributed by atoms with Crippen molar-refractivity contribution in [3.8, 4) is 6.07 Å². The third-order valence-corrected chi connectivity index (χ3v) is 6.51. The molecule has 2 bridgehead atoms. The van der Waals surface area contributed by atoms with E-state index in [1.807, 2.05) is 11.0 Å². The van der Waals surface area contributed by atoms with Gasteiger partial charge in [-0.3, -0.25) is 9.59 Å². The predicted molar refractivity (Wildman–Crippen MR) is 116 cm³/mol. The summed E-state index contributed by atoms with van der Waals surface area (Å²) in [5, 5.41) is 14.3. The third-order valence-electron chi connectivity index (χ3n) is 6.51. The molecule has 0 radical (unpaired) electrons. The van der Waals surface area contributed by atoms with Gasteiger partial charge in [-0.05, 0) is 25.3 Å². The fourth-order valence-corrected chi connectivity index (χ4v) is 4.76. The van der Waals surface area contributed by atoms with Gasteiger partial charge in [0.1, 0.15) is 5.82 Å². The van der Waals surface area contributed by atoms with E-state index in [1.165, 1.54) is 19.3 Å². The number of halogens is 1. The molecule has 0 spiro atoms. The molecule has 3 fully saturated rings. The van der Waals surface area contributed by atoms with Crippen LogP contribution in [0, 0.1) is 29.0 Å². The summed E-state index contributed by atoms with van der Waals surface area (Å²) >= 11 is 0. The number of aromatic nitrogens is 3. The minimum absolute atomic E-state index is 0.109. The number of pyridine rings is 1. The predicted octanol–water partition coefficient (Wildman–Crippen LogP) is 1.45. The number of nitrogens with one attached hydrogen (secondary N) is 2. The van der Waals surface area contributed by atoms with Crippen LogP contribution < -0.4 is 15.5 Å². The van der Waals surface area contributed by atoms with E-state index < -0.39 is 11.7 Å². The van der Waals surface area contributed by atoms with Crippen molar-refractivity contribution < 1.29 is 14.0 Å². The van der Waals surface area contributed by atoms with E-state index in [2.05, 4.69) is 36.6 Å². The molecular formula is C22H23FN8O2. The lowest BCUT2D eigenvalue weighted by molar-refractivity contribution is -0.136. The number of carbonyl (C=O) groups excluding carboxylic acids is 2. The van der Waals surface area contributed by atoms with Crippen LogP contribution in [0.15, 0.2) is 24.5 Å². The summed E-state index contributed by atoms with van der Waals surface area (Å²) < 4.78 is 14.2. The van der Waals surface area contributed by atoms with Crippen LogP contribution in [-0.2, 0) is 4.79 Å². The highest BCUT2D eigenvalue weighted by molar-refractivity contribution is 5.92. The number of piperazine rings is 1. The molecule has 2 aromatic heterocycles. The number of amides is 2.